The van der Waals surface area contributed by atoms with Crippen LogP contribution in [0.4, 0.5) is 8.78 Å². The fourth-order valence-electron chi connectivity index (χ4n) is 0.830. The van der Waals surface area contributed by atoms with Crippen LogP contribution in [-0.2, 0) is 0 Å². The SMILES string of the molecule is NC(CO)(CO)CO.[B]c1cc(C)c(F)cc1F. The number of aliphatic hydroxyl groups is 3. The van der Waals surface area contributed by atoms with Gasteiger partial charge in [-0.1, -0.05) is 11.5 Å². The molecule has 5 N–H and O–H groups in total. The molecular formula is C11H16BF2NO3. The summed E-state index contributed by atoms with van der Waals surface area (Å²) in [4.78, 5) is 0. The summed E-state index contributed by atoms with van der Waals surface area (Å²) in [5.41, 5.74) is 4.28. The second-order valence-corrected chi connectivity index (χ2v) is 3.96. The highest BCUT2D eigenvalue weighted by Gasteiger charge is 2.20. The van der Waals surface area contributed by atoms with E-state index in [9.17, 15) is 8.78 Å². The van der Waals surface area contributed by atoms with Crippen LogP contribution < -0.4 is 11.2 Å². The van der Waals surface area contributed by atoms with E-state index >= 15 is 0 Å². The molecule has 0 spiro atoms. The van der Waals surface area contributed by atoms with Gasteiger partial charge in [-0.05, 0) is 12.5 Å². The topological polar surface area (TPSA) is 86.7 Å². The Balaban J connectivity index is 0.000000331. The molecule has 0 aliphatic rings. The van der Waals surface area contributed by atoms with Crippen LogP contribution in [0.2, 0.25) is 0 Å². The molecule has 100 valence electrons. The molecule has 0 fully saturated rings. The predicted octanol–water partition coefficient (Wildman–Crippen LogP) is -1.27. The van der Waals surface area contributed by atoms with Crippen molar-refractivity contribution in [1.82, 2.24) is 0 Å². The standard InChI is InChI=1S/C7H5BF2.C4H11NO3/c1-4-2-5(8)7(10)3-6(4)9;5-4(1-6,2-7)3-8/h2-3H,1H3;6-8H,1-3,5H2. The van der Waals surface area contributed by atoms with E-state index < -0.39 is 37.0 Å². The van der Waals surface area contributed by atoms with Crippen molar-refractivity contribution in [3.05, 3.63) is 29.3 Å². The number of aryl methyl sites for hydroxylation is 1. The lowest BCUT2D eigenvalue weighted by Crippen LogP contribution is -2.50. The van der Waals surface area contributed by atoms with Gasteiger partial charge in [-0.25, -0.2) is 8.78 Å². The van der Waals surface area contributed by atoms with Crippen molar-refractivity contribution < 1.29 is 24.1 Å². The number of rotatable bonds is 3. The Labute approximate surface area is 105 Å². The molecule has 1 rings (SSSR count). The molecular weight excluding hydrogens is 243 g/mol. The van der Waals surface area contributed by atoms with Crippen molar-refractivity contribution in [2.24, 2.45) is 5.73 Å². The van der Waals surface area contributed by atoms with Crippen LogP contribution in [0.3, 0.4) is 0 Å². The lowest BCUT2D eigenvalue weighted by atomic mass is 9.94. The first-order valence-electron chi connectivity index (χ1n) is 5.12. The number of aliphatic hydroxyl groups excluding tert-OH is 3. The Morgan fingerprint density at radius 1 is 1.11 bits per heavy atom. The molecule has 0 aliphatic carbocycles. The zero-order valence-corrected chi connectivity index (χ0v) is 10.0. The van der Waals surface area contributed by atoms with Crippen molar-refractivity contribution in [2.45, 2.75) is 12.5 Å². The van der Waals surface area contributed by atoms with Gasteiger partial charge in [0.1, 0.15) is 19.5 Å². The smallest absolute Gasteiger partial charge is 0.128 e. The van der Waals surface area contributed by atoms with E-state index in [0.29, 0.717) is 5.56 Å². The summed E-state index contributed by atoms with van der Waals surface area (Å²) in [6.07, 6.45) is 0. The molecule has 0 amide bonds. The molecule has 0 saturated heterocycles. The van der Waals surface area contributed by atoms with E-state index in [1.165, 1.54) is 13.0 Å². The summed E-state index contributed by atoms with van der Waals surface area (Å²) in [6.45, 7) is 0.325. The Kier molecular flexibility index (Phi) is 7.01. The highest BCUT2D eigenvalue weighted by atomic mass is 19.1. The molecule has 0 aliphatic heterocycles. The average Bonchev–Trinajstić information content (AvgIpc) is 2.36. The van der Waals surface area contributed by atoms with E-state index in [4.69, 9.17) is 28.9 Å². The Morgan fingerprint density at radius 3 is 1.83 bits per heavy atom. The maximum absolute atomic E-state index is 12.5. The van der Waals surface area contributed by atoms with Crippen molar-refractivity contribution in [3.63, 3.8) is 0 Å². The monoisotopic (exact) mass is 259 g/mol. The molecule has 0 unspecified atom stereocenters. The van der Waals surface area contributed by atoms with E-state index in [0.717, 1.165) is 6.07 Å². The van der Waals surface area contributed by atoms with Crippen molar-refractivity contribution >= 4 is 13.3 Å². The molecule has 1 aromatic carbocycles. The van der Waals surface area contributed by atoms with Gasteiger partial charge in [0.2, 0.25) is 0 Å². The summed E-state index contributed by atoms with van der Waals surface area (Å²) in [5.74, 6) is -1.27. The average molecular weight is 259 g/mol. The van der Waals surface area contributed by atoms with Gasteiger partial charge >= 0.3 is 0 Å². The van der Waals surface area contributed by atoms with Gasteiger partial charge in [-0.3, -0.25) is 0 Å². The molecule has 1 aromatic rings. The van der Waals surface area contributed by atoms with Crippen molar-refractivity contribution in [3.8, 4) is 0 Å². The lowest BCUT2D eigenvalue weighted by molar-refractivity contribution is 0.0698. The third kappa shape index (κ3) is 5.09. The highest BCUT2D eigenvalue weighted by Crippen LogP contribution is 2.04. The van der Waals surface area contributed by atoms with Crippen molar-refractivity contribution in [1.29, 1.82) is 0 Å². The van der Waals surface area contributed by atoms with Crippen LogP contribution in [0, 0.1) is 18.6 Å². The summed E-state index contributed by atoms with van der Waals surface area (Å²) in [7, 11) is 5.15. The number of halogens is 2. The minimum atomic E-state index is -1.21. The Hall–Kier alpha value is -1.02. The van der Waals surface area contributed by atoms with E-state index in [2.05, 4.69) is 0 Å². The number of hydrogen-bond acceptors (Lipinski definition) is 4. The minimum Gasteiger partial charge on any atom is -0.394 e. The minimum absolute atomic E-state index is 0.0149. The van der Waals surface area contributed by atoms with Crippen molar-refractivity contribution in [2.75, 3.05) is 19.8 Å². The summed E-state index contributed by atoms with van der Waals surface area (Å²) in [6, 6.07) is 2.05. The van der Waals surface area contributed by atoms with Gasteiger partial charge in [-0.15, -0.1) is 0 Å². The first-order chi connectivity index (χ1) is 8.29. The molecule has 2 radical (unpaired) electrons. The second-order valence-electron chi connectivity index (χ2n) is 3.96. The van der Waals surface area contributed by atoms with Gasteiger partial charge < -0.3 is 21.1 Å². The van der Waals surface area contributed by atoms with Crippen LogP contribution in [0.15, 0.2) is 12.1 Å². The highest BCUT2D eigenvalue weighted by molar-refractivity contribution is 6.32. The first-order valence-corrected chi connectivity index (χ1v) is 5.12. The maximum atomic E-state index is 12.5. The van der Waals surface area contributed by atoms with Crippen LogP contribution in [-0.4, -0.2) is 48.5 Å². The predicted molar refractivity (Wildman–Crippen MR) is 64.7 cm³/mol. The summed E-state index contributed by atoms with van der Waals surface area (Å²) < 4.78 is 24.9. The fraction of sp³-hybridized carbons (Fsp3) is 0.455. The van der Waals surface area contributed by atoms with Gasteiger partial charge in [0.25, 0.3) is 0 Å². The van der Waals surface area contributed by atoms with Crippen LogP contribution >= 0.6 is 0 Å². The second kappa shape index (κ2) is 7.43. The molecule has 7 heteroatoms. The third-order valence-corrected chi connectivity index (χ3v) is 2.22. The quantitative estimate of drug-likeness (QED) is 0.510. The number of hydrogen-bond donors (Lipinski definition) is 4. The van der Waals surface area contributed by atoms with Crippen LogP contribution in [0.1, 0.15) is 5.56 Å². The zero-order chi connectivity index (χ0) is 14.3. The Morgan fingerprint density at radius 2 is 1.56 bits per heavy atom. The molecule has 0 saturated carbocycles. The fourth-order valence-corrected chi connectivity index (χ4v) is 0.830. The van der Waals surface area contributed by atoms with E-state index in [1.807, 2.05) is 0 Å². The number of benzene rings is 1. The zero-order valence-electron chi connectivity index (χ0n) is 10.0. The maximum Gasteiger partial charge on any atom is 0.128 e. The number of nitrogens with two attached hydrogens (primary N) is 1. The largest absolute Gasteiger partial charge is 0.394 e. The normalized spacial score (nSPS) is 10.8. The molecule has 0 aromatic heterocycles. The van der Waals surface area contributed by atoms with E-state index in [1.54, 1.807) is 0 Å². The summed E-state index contributed by atoms with van der Waals surface area (Å²) >= 11 is 0. The molecule has 0 heterocycles. The molecule has 0 bridgehead atoms. The van der Waals surface area contributed by atoms with Gasteiger partial charge in [0.05, 0.1) is 25.4 Å². The first kappa shape index (κ1) is 17.0. The Bertz CT molecular complexity index is 328. The van der Waals surface area contributed by atoms with E-state index in [-0.39, 0.29) is 5.46 Å². The summed E-state index contributed by atoms with van der Waals surface area (Å²) in [5, 5.41) is 25.0. The van der Waals surface area contributed by atoms with Gasteiger partial charge in [0, 0.05) is 6.07 Å². The van der Waals surface area contributed by atoms with Crippen LogP contribution in [0.25, 0.3) is 0 Å². The van der Waals surface area contributed by atoms with Gasteiger partial charge in [0.15, 0.2) is 0 Å². The van der Waals surface area contributed by atoms with Crippen LogP contribution in [0.5, 0.6) is 0 Å². The van der Waals surface area contributed by atoms with Gasteiger partial charge in [-0.2, -0.15) is 0 Å². The molecule has 0 atom stereocenters. The molecule has 18 heavy (non-hydrogen) atoms. The lowest BCUT2D eigenvalue weighted by Gasteiger charge is -2.20. The third-order valence-electron chi connectivity index (χ3n) is 2.22. The molecule has 4 nitrogen and oxygen atoms in total.